The molecule has 0 saturated heterocycles. The maximum absolute atomic E-state index is 11.9. The molecule has 5 nitrogen and oxygen atoms in total. The van der Waals surface area contributed by atoms with Gasteiger partial charge in [-0.25, -0.2) is 0 Å². The van der Waals surface area contributed by atoms with Crippen LogP contribution in [0.5, 0.6) is 0 Å². The Morgan fingerprint density at radius 1 is 1.08 bits per heavy atom. The summed E-state index contributed by atoms with van der Waals surface area (Å²) in [7, 11) is 0. The molecule has 2 aromatic heterocycles. The van der Waals surface area contributed by atoms with Crippen molar-refractivity contribution in [1.29, 1.82) is 0 Å². The van der Waals surface area contributed by atoms with Crippen LogP contribution in [0.25, 0.3) is 0 Å². The lowest BCUT2D eigenvalue weighted by molar-refractivity contribution is 0.103. The van der Waals surface area contributed by atoms with Gasteiger partial charge in [0.15, 0.2) is 5.82 Å². The largest absolute Gasteiger partial charge is 0.368 e. The van der Waals surface area contributed by atoms with Gasteiger partial charge in [-0.3, -0.25) is 4.79 Å². The smallest absolute Gasteiger partial charge is 0.266 e. The zero-order chi connectivity index (χ0) is 16.8. The lowest BCUT2D eigenvalue weighted by Crippen LogP contribution is -2.12. The van der Waals surface area contributed by atoms with Crippen LogP contribution in [0.15, 0.2) is 53.9 Å². The van der Waals surface area contributed by atoms with Crippen LogP contribution in [0.1, 0.15) is 15.2 Å². The van der Waals surface area contributed by atoms with Crippen LogP contribution in [-0.2, 0) is 6.42 Å². The second-order valence-corrected chi connectivity index (χ2v) is 6.43. The first-order valence-electron chi connectivity index (χ1n) is 7.37. The Labute approximate surface area is 148 Å². The molecule has 0 unspecified atom stereocenters. The molecule has 0 aliphatic rings. The fourth-order valence-corrected chi connectivity index (χ4v) is 2.94. The molecule has 3 aromatic rings. The number of hydrogen-bond acceptors (Lipinski definition) is 5. The van der Waals surface area contributed by atoms with E-state index in [2.05, 4.69) is 20.8 Å². The number of benzene rings is 1. The van der Waals surface area contributed by atoms with E-state index in [1.54, 1.807) is 18.2 Å². The molecule has 0 radical (unpaired) electrons. The quantitative estimate of drug-likeness (QED) is 0.696. The minimum atomic E-state index is -0.180. The first-order chi connectivity index (χ1) is 11.7. The molecule has 0 atom stereocenters. The number of hydrogen-bond donors (Lipinski definition) is 2. The van der Waals surface area contributed by atoms with E-state index in [1.807, 2.05) is 35.7 Å². The summed E-state index contributed by atoms with van der Waals surface area (Å²) in [6, 6.07) is 14.9. The van der Waals surface area contributed by atoms with E-state index in [4.69, 9.17) is 11.6 Å². The summed E-state index contributed by atoms with van der Waals surface area (Å²) < 4.78 is 0. The number of carbonyl (C=O) groups is 1. The van der Waals surface area contributed by atoms with Gasteiger partial charge < -0.3 is 10.6 Å². The number of nitrogens with one attached hydrogen (secondary N) is 2. The molecule has 2 N–H and O–H groups in total. The van der Waals surface area contributed by atoms with Gasteiger partial charge in [0, 0.05) is 11.6 Å². The minimum absolute atomic E-state index is 0.180. The monoisotopic (exact) mass is 358 g/mol. The molecule has 3 rings (SSSR count). The third-order valence-electron chi connectivity index (χ3n) is 3.26. The third kappa shape index (κ3) is 4.53. The molecule has 2 heterocycles. The summed E-state index contributed by atoms with van der Waals surface area (Å²) in [4.78, 5) is 12.6. The van der Waals surface area contributed by atoms with Gasteiger partial charge >= 0.3 is 0 Å². The first kappa shape index (κ1) is 16.4. The van der Waals surface area contributed by atoms with Crippen LogP contribution >= 0.6 is 22.9 Å². The van der Waals surface area contributed by atoms with E-state index in [-0.39, 0.29) is 5.91 Å². The van der Waals surface area contributed by atoms with Gasteiger partial charge in [0.1, 0.15) is 5.82 Å². The fraction of sp³-hybridized carbons (Fsp3) is 0.118. The molecule has 0 spiro atoms. The standard InChI is InChI=1S/C17H15ClN4OS/c18-13-4-1-3-12(11-13)8-9-19-15-6-7-16(22-21-15)20-17(23)14-5-2-10-24-14/h1-7,10-11H,8-9H2,(H,19,21)(H,20,22,23). The van der Waals surface area contributed by atoms with Crippen molar-refractivity contribution in [2.45, 2.75) is 6.42 Å². The van der Waals surface area contributed by atoms with Crippen molar-refractivity contribution >= 4 is 40.5 Å². The molecule has 0 bridgehead atoms. The summed E-state index contributed by atoms with van der Waals surface area (Å²) in [5, 5.41) is 16.6. The Hall–Kier alpha value is -2.44. The third-order valence-corrected chi connectivity index (χ3v) is 4.36. The van der Waals surface area contributed by atoms with E-state index in [9.17, 15) is 4.79 Å². The zero-order valence-corrected chi connectivity index (χ0v) is 14.3. The first-order valence-corrected chi connectivity index (χ1v) is 8.63. The van der Waals surface area contributed by atoms with Gasteiger partial charge in [-0.2, -0.15) is 0 Å². The number of rotatable bonds is 6. The maximum Gasteiger partial charge on any atom is 0.266 e. The van der Waals surface area contributed by atoms with Gasteiger partial charge in [0.05, 0.1) is 4.88 Å². The number of halogens is 1. The summed E-state index contributed by atoms with van der Waals surface area (Å²) in [5.74, 6) is 0.904. The molecular formula is C17H15ClN4OS. The summed E-state index contributed by atoms with van der Waals surface area (Å²) in [6.07, 6.45) is 0.832. The molecular weight excluding hydrogens is 344 g/mol. The Bertz CT molecular complexity index is 806. The van der Waals surface area contributed by atoms with Gasteiger partial charge in [-0.1, -0.05) is 29.8 Å². The van der Waals surface area contributed by atoms with Crippen molar-refractivity contribution in [1.82, 2.24) is 10.2 Å². The average molecular weight is 359 g/mol. The SMILES string of the molecule is O=C(Nc1ccc(NCCc2cccc(Cl)c2)nn1)c1cccs1. The van der Waals surface area contributed by atoms with Crippen molar-refractivity contribution in [2.75, 3.05) is 17.2 Å². The highest BCUT2D eigenvalue weighted by Crippen LogP contribution is 2.13. The van der Waals surface area contributed by atoms with Crippen LogP contribution in [-0.4, -0.2) is 22.6 Å². The number of aromatic nitrogens is 2. The second-order valence-electron chi connectivity index (χ2n) is 5.04. The number of nitrogens with zero attached hydrogens (tertiary/aromatic N) is 2. The summed E-state index contributed by atoms with van der Waals surface area (Å²) in [6.45, 7) is 0.718. The van der Waals surface area contributed by atoms with Gasteiger partial charge in [-0.15, -0.1) is 21.5 Å². The molecule has 7 heteroatoms. The Kier molecular flexibility index (Phi) is 5.40. The predicted molar refractivity (Wildman–Crippen MR) is 97.9 cm³/mol. The lowest BCUT2D eigenvalue weighted by atomic mass is 10.1. The van der Waals surface area contributed by atoms with Crippen LogP contribution in [0, 0.1) is 0 Å². The number of carbonyl (C=O) groups excluding carboxylic acids is 1. The van der Waals surface area contributed by atoms with Crippen molar-refractivity contribution in [2.24, 2.45) is 0 Å². The topological polar surface area (TPSA) is 66.9 Å². The van der Waals surface area contributed by atoms with Gasteiger partial charge in [0.2, 0.25) is 0 Å². The number of thiophene rings is 1. The molecule has 0 saturated carbocycles. The molecule has 0 fully saturated rings. The molecule has 1 aromatic carbocycles. The summed E-state index contributed by atoms with van der Waals surface area (Å²) >= 11 is 7.34. The van der Waals surface area contributed by atoms with Crippen LogP contribution in [0.2, 0.25) is 5.02 Å². The second kappa shape index (κ2) is 7.90. The highest BCUT2D eigenvalue weighted by atomic mass is 35.5. The molecule has 1 amide bonds. The van der Waals surface area contributed by atoms with E-state index < -0.39 is 0 Å². The Balaban J connectivity index is 1.50. The zero-order valence-electron chi connectivity index (χ0n) is 12.7. The van der Waals surface area contributed by atoms with E-state index in [0.717, 1.165) is 23.6 Å². The van der Waals surface area contributed by atoms with E-state index in [0.29, 0.717) is 16.5 Å². The van der Waals surface area contributed by atoms with Crippen molar-refractivity contribution in [3.63, 3.8) is 0 Å². The Morgan fingerprint density at radius 3 is 2.62 bits per heavy atom. The molecule has 24 heavy (non-hydrogen) atoms. The molecule has 122 valence electrons. The van der Waals surface area contributed by atoms with Gasteiger partial charge in [0.25, 0.3) is 5.91 Å². The van der Waals surface area contributed by atoms with Crippen molar-refractivity contribution in [3.8, 4) is 0 Å². The van der Waals surface area contributed by atoms with Crippen LogP contribution in [0.4, 0.5) is 11.6 Å². The number of amides is 1. The van der Waals surface area contributed by atoms with Crippen LogP contribution in [0.3, 0.4) is 0 Å². The van der Waals surface area contributed by atoms with E-state index >= 15 is 0 Å². The highest BCUT2D eigenvalue weighted by Gasteiger charge is 2.07. The fourth-order valence-electron chi connectivity index (χ4n) is 2.11. The predicted octanol–water partition coefficient (Wildman–Crippen LogP) is 4.10. The van der Waals surface area contributed by atoms with Gasteiger partial charge in [-0.05, 0) is 47.7 Å². The summed E-state index contributed by atoms with van der Waals surface area (Å²) in [5.41, 5.74) is 1.16. The van der Waals surface area contributed by atoms with Crippen molar-refractivity contribution < 1.29 is 4.79 Å². The van der Waals surface area contributed by atoms with Crippen molar-refractivity contribution in [3.05, 3.63) is 69.4 Å². The minimum Gasteiger partial charge on any atom is -0.368 e. The lowest BCUT2D eigenvalue weighted by Gasteiger charge is -2.06. The highest BCUT2D eigenvalue weighted by molar-refractivity contribution is 7.12. The van der Waals surface area contributed by atoms with Crippen LogP contribution < -0.4 is 10.6 Å². The van der Waals surface area contributed by atoms with E-state index in [1.165, 1.54) is 11.3 Å². The normalized spacial score (nSPS) is 10.4. The Morgan fingerprint density at radius 2 is 1.92 bits per heavy atom. The maximum atomic E-state index is 11.9. The number of anilines is 2. The molecule has 0 aliphatic carbocycles. The molecule has 0 aliphatic heterocycles. The average Bonchev–Trinajstić information content (AvgIpc) is 3.11.